The van der Waals surface area contributed by atoms with Crippen LogP contribution in [-0.4, -0.2) is 11.9 Å². The maximum atomic E-state index is 13.1. The molecule has 3 rings (SSSR count). The number of amides is 1. The highest BCUT2D eigenvalue weighted by molar-refractivity contribution is 5.98. The second kappa shape index (κ2) is 8.27. The summed E-state index contributed by atoms with van der Waals surface area (Å²) in [5.74, 6) is -1.51. The van der Waals surface area contributed by atoms with E-state index in [1.165, 1.54) is 24.3 Å². The quantitative estimate of drug-likeness (QED) is 0.670. The molecular weight excluding hydrogens is 345 g/mol. The fourth-order valence-corrected chi connectivity index (χ4v) is 2.61. The summed E-state index contributed by atoms with van der Waals surface area (Å²) >= 11 is 0. The van der Waals surface area contributed by atoms with Crippen molar-refractivity contribution in [3.63, 3.8) is 0 Å². The molecule has 0 aliphatic carbocycles. The van der Waals surface area contributed by atoms with Crippen LogP contribution < -0.4 is 5.32 Å². The minimum absolute atomic E-state index is 0.396. The Labute approximate surface area is 156 Å². The first-order valence-electron chi connectivity index (χ1n) is 8.42. The standard InChI is InChI=1S/C22H18FNO3/c1-15-7-5-6-10-19(15)22(26)27-20(16-8-3-2-4-9-16)21(25)24-18-13-11-17(23)12-14-18/h2-14,20H,1H3,(H,24,25)/t20-/m0/s1. The maximum absolute atomic E-state index is 13.1. The molecule has 0 aromatic heterocycles. The fraction of sp³-hybridized carbons (Fsp3) is 0.0909. The first-order valence-corrected chi connectivity index (χ1v) is 8.42. The van der Waals surface area contributed by atoms with Crippen LogP contribution in [0.15, 0.2) is 78.9 Å². The molecule has 3 aromatic rings. The van der Waals surface area contributed by atoms with Crippen LogP contribution in [0, 0.1) is 12.7 Å². The summed E-state index contributed by atoms with van der Waals surface area (Å²) < 4.78 is 18.6. The van der Waals surface area contributed by atoms with Gasteiger partial charge >= 0.3 is 5.97 Å². The van der Waals surface area contributed by atoms with Gasteiger partial charge in [-0.2, -0.15) is 0 Å². The minimum atomic E-state index is -1.14. The van der Waals surface area contributed by atoms with Crippen molar-refractivity contribution in [2.24, 2.45) is 0 Å². The molecule has 27 heavy (non-hydrogen) atoms. The van der Waals surface area contributed by atoms with E-state index < -0.39 is 23.8 Å². The van der Waals surface area contributed by atoms with Gasteiger partial charge in [0.05, 0.1) is 5.56 Å². The zero-order valence-corrected chi connectivity index (χ0v) is 14.7. The number of rotatable bonds is 5. The molecule has 0 spiro atoms. The van der Waals surface area contributed by atoms with Gasteiger partial charge in [0.1, 0.15) is 5.82 Å². The van der Waals surface area contributed by atoms with Crippen LogP contribution >= 0.6 is 0 Å². The van der Waals surface area contributed by atoms with Crippen LogP contribution in [0.4, 0.5) is 10.1 Å². The number of anilines is 1. The van der Waals surface area contributed by atoms with Crippen LogP contribution in [0.1, 0.15) is 27.6 Å². The molecule has 1 atom stereocenters. The molecule has 1 N–H and O–H groups in total. The lowest BCUT2D eigenvalue weighted by Crippen LogP contribution is -2.26. The first kappa shape index (κ1) is 18.3. The molecule has 0 aliphatic rings. The molecule has 0 saturated carbocycles. The van der Waals surface area contributed by atoms with E-state index >= 15 is 0 Å². The van der Waals surface area contributed by atoms with Gasteiger partial charge in [-0.25, -0.2) is 9.18 Å². The van der Waals surface area contributed by atoms with Gasteiger partial charge in [0.15, 0.2) is 0 Å². The van der Waals surface area contributed by atoms with Gasteiger partial charge in [0, 0.05) is 11.3 Å². The zero-order valence-electron chi connectivity index (χ0n) is 14.7. The maximum Gasteiger partial charge on any atom is 0.339 e. The molecule has 3 aromatic carbocycles. The highest BCUT2D eigenvalue weighted by Gasteiger charge is 2.26. The van der Waals surface area contributed by atoms with Crippen molar-refractivity contribution < 1.29 is 18.7 Å². The predicted molar refractivity (Wildman–Crippen MR) is 101 cm³/mol. The van der Waals surface area contributed by atoms with Gasteiger partial charge < -0.3 is 10.1 Å². The van der Waals surface area contributed by atoms with Gasteiger partial charge in [0.2, 0.25) is 6.10 Å². The molecule has 4 nitrogen and oxygen atoms in total. The van der Waals surface area contributed by atoms with Crippen molar-refractivity contribution in [2.75, 3.05) is 5.32 Å². The third kappa shape index (κ3) is 4.58. The van der Waals surface area contributed by atoms with Crippen molar-refractivity contribution in [3.8, 4) is 0 Å². The average Bonchev–Trinajstić information content (AvgIpc) is 2.68. The van der Waals surface area contributed by atoms with E-state index in [2.05, 4.69) is 5.32 Å². The van der Waals surface area contributed by atoms with E-state index in [4.69, 9.17) is 4.74 Å². The molecular formula is C22H18FNO3. The Bertz CT molecular complexity index is 939. The van der Waals surface area contributed by atoms with E-state index in [1.54, 1.807) is 49.4 Å². The van der Waals surface area contributed by atoms with Crippen LogP contribution in [0.2, 0.25) is 0 Å². The summed E-state index contributed by atoms with van der Waals surface area (Å²) in [4.78, 5) is 25.4. The van der Waals surface area contributed by atoms with Crippen molar-refractivity contribution in [3.05, 3.63) is 101 Å². The van der Waals surface area contributed by atoms with Gasteiger partial charge in [0.25, 0.3) is 5.91 Å². The third-order valence-electron chi connectivity index (χ3n) is 4.04. The molecule has 0 heterocycles. The average molecular weight is 363 g/mol. The molecule has 0 bridgehead atoms. The van der Waals surface area contributed by atoms with Crippen LogP contribution in [-0.2, 0) is 9.53 Å². The van der Waals surface area contributed by atoms with Crippen LogP contribution in [0.3, 0.4) is 0 Å². The van der Waals surface area contributed by atoms with Crippen molar-refractivity contribution in [1.29, 1.82) is 0 Å². The second-order valence-electron chi connectivity index (χ2n) is 6.01. The number of nitrogens with one attached hydrogen (secondary N) is 1. The van der Waals surface area contributed by atoms with Gasteiger partial charge in [-0.1, -0.05) is 48.5 Å². The van der Waals surface area contributed by atoms with E-state index in [0.29, 0.717) is 16.8 Å². The summed E-state index contributed by atoms with van der Waals surface area (Å²) in [6, 6.07) is 21.1. The van der Waals surface area contributed by atoms with E-state index in [9.17, 15) is 14.0 Å². The number of halogens is 1. The summed E-state index contributed by atoms with van der Waals surface area (Å²) in [6.07, 6.45) is -1.14. The van der Waals surface area contributed by atoms with Gasteiger partial charge in [-0.05, 0) is 42.8 Å². The summed E-state index contributed by atoms with van der Waals surface area (Å²) in [5.41, 5.74) is 2.11. The summed E-state index contributed by atoms with van der Waals surface area (Å²) in [7, 11) is 0. The largest absolute Gasteiger partial charge is 0.444 e. The second-order valence-corrected chi connectivity index (χ2v) is 6.01. The molecule has 0 fully saturated rings. The topological polar surface area (TPSA) is 55.4 Å². The molecule has 0 aliphatic heterocycles. The Kier molecular flexibility index (Phi) is 5.61. The van der Waals surface area contributed by atoms with E-state index in [-0.39, 0.29) is 0 Å². The lowest BCUT2D eigenvalue weighted by Gasteiger charge is -2.18. The number of ether oxygens (including phenoxy) is 1. The third-order valence-corrected chi connectivity index (χ3v) is 4.04. The number of hydrogen-bond donors (Lipinski definition) is 1. The predicted octanol–water partition coefficient (Wildman–Crippen LogP) is 4.67. The number of carbonyl (C=O) groups excluding carboxylic acids is 2. The van der Waals surface area contributed by atoms with Crippen molar-refractivity contribution >= 4 is 17.6 Å². The number of hydrogen-bond acceptors (Lipinski definition) is 3. The number of esters is 1. The SMILES string of the molecule is Cc1ccccc1C(=O)O[C@H](C(=O)Nc1ccc(F)cc1)c1ccccc1. The summed E-state index contributed by atoms with van der Waals surface area (Å²) in [6.45, 7) is 1.80. The molecule has 5 heteroatoms. The summed E-state index contributed by atoms with van der Waals surface area (Å²) in [5, 5.41) is 2.66. The van der Waals surface area contributed by atoms with Crippen LogP contribution in [0.5, 0.6) is 0 Å². The Morgan fingerprint density at radius 3 is 2.19 bits per heavy atom. The van der Waals surface area contributed by atoms with Crippen LogP contribution in [0.25, 0.3) is 0 Å². The van der Waals surface area contributed by atoms with Gasteiger partial charge in [-0.3, -0.25) is 4.79 Å². The molecule has 136 valence electrons. The Hall–Kier alpha value is -3.47. The lowest BCUT2D eigenvalue weighted by atomic mass is 10.1. The smallest absolute Gasteiger partial charge is 0.339 e. The normalized spacial score (nSPS) is 11.5. The number of benzene rings is 3. The van der Waals surface area contributed by atoms with Gasteiger partial charge in [-0.15, -0.1) is 0 Å². The fourth-order valence-electron chi connectivity index (χ4n) is 2.61. The Balaban J connectivity index is 1.85. The monoisotopic (exact) mass is 363 g/mol. The molecule has 0 unspecified atom stereocenters. The highest BCUT2D eigenvalue weighted by atomic mass is 19.1. The number of carbonyl (C=O) groups is 2. The van der Waals surface area contributed by atoms with E-state index in [0.717, 1.165) is 5.56 Å². The number of aryl methyl sites for hydroxylation is 1. The minimum Gasteiger partial charge on any atom is -0.444 e. The zero-order chi connectivity index (χ0) is 19.2. The lowest BCUT2D eigenvalue weighted by molar-refractivity contribution is -0.125. The molecule has 0 radical (unpaired) electrons. The Morgan fingerprint density at radius 1 is 0.889 bits per heavy atom. The van der Waals surface area contributed by atoms with Crippen molar-refractivity contribution in [1.82, 2.24) is 0 Å². The van der Waals surface area contributed by atoms with Crippen molar-refractivity contribution in [2.45, 2.75) is 13.0 Å². The first-order chi connectivity index (χ1) is 13.0. The molecule has 1 amide bonds. The van der Waals surface area contributed by atoms with E-state index in [1.807, 2.05) is 12.1 Å². The Morgan fingerprint density at radius 2 is 1.52 bits per heavy atom. The molecule has 0 saturated heterocycles. The highest BCUT2D eigenvalue weighted by Crippen LogP contribution is 2.22.